The number of rotatable bonds is 6. The van der Waals surface area contributed by atoms with Crippen LogP contribution in [0.15, 0.2) is 46.3 Å². The Hall–Kier alpha value is -2.58. The molecule has 0 aliphatic carbocycles. The third-order valence-electron chi connectivity index (χ3n) is 4.81. The number of benzene rings is 1. The molecule has 1 fully saturated rings. The van der Waals surface area contributed by atoms with Crippen LogP contribution in [-0.4, -0.2) is 34.0 Å². The molecule has 8 heteroatoms. The topological polar surface area (TPSA) is 71.3 Å². The lowest BCUT2D eigenvalue weighted by molar-refractivity contribution is -0.123. The second-order valence-corrected chi connectivity index (χ2v) is 7.84. The Balaban J connectivity index is 1.43. The van der Waals surface area contributed by atoms with Crippen LogP contribution in [0.2, 0.25) is 0 Å². The average molecular weight is 400 g/mol. The molecule has 3 heterocycles. The number of halogens is 1. The normalized spacial score (nSPS) is 17.5. The Morgan fingerprint density at radius 1 is 1.32 bits per heavy atom. The van der Waals surface area contributed by atoms with Gasteiger partial charge in [0.15, 0.2) is 0 Å². The highest BCUT2D eigenvalue weighted by atomic mass is 32.1. The summed E-state index contributed by atoms with van der Waals surface area (Å²) in [5.41, 5.74) is 0.575. The van der Waals surface area contributed by atoms with Gasteiger partial charge in [-0.05, 0) is 43.0 Å². The summed E-state index contributed by atoms with van der Waals surface area (Å²) < 4.78 is 18.9. The molecule has 0 saturated carbocycles. The summed E-state index contributed by atoms with van der Waals surface area (Å²) in [6, 6.07) is 9.99. The molecular formula is C20H21FN4O2S. The van der Waals surface area contributed by atoms with Gasteiger partial charge in [0.2, 0.25) is 17.6 Å². The number of piperidine rings is 1. The molecule has 1 aromatic carbocycles. The molecule has 0 unspecified atom stereocenters. The third-order valence-corrected chi connectivity index (χ3v) is 5.69. The van der Waals surface area contributed by atoms with Gasteiger partial charge in [-0.15, -0.1) is 11.3 Å². The quantitative estimate of drug-likeness (QED) is 0.682. The first kappa shape index (κ1) is 18.8. The summed E-state index contributed by atoms with van der Waals surface area (Å²) in [7, 11) is 0. The largest absolute Gasteiger partial charge is 0.350 e. The second-order valence-electron chi connectivity index (χ2n) is 6.80. The number of nitrogens with zero attached hydrogens (tertiary/aromatic N) is 3. The Kier molecular flexibility index (Phi) is 5.78. The van der Waals surface area contributed by atoms with E-state index in [1.807, 2.05) is 17.5 Å². The monoisotopic (exact) mass is 400 g/mol. The highest BCUT2D eigenvalue weighted by Crippen LogP contribution is 2.31. The summed E-state index contributed by atoms with van der Waals surface area (Å²) in [4.78, 5) is 20.1. The van der Waals surface area contributed by atoms with Gasteiger partial charge in [-0.1, -0.05) is 29.8 Å². The van der Waals surface area contributed by atoms with E-state index < -0.39 is 0 Å². The highest BCUT2D eigenvalue weighted by Gasteiger charge is 2.30. The van der Waals surface area contributed by atoms with Gasteiger partial charge in [-0.3, -0.25) is 9.69 Å². The number of nitrogens with one attached hydrogen (secondary N) is 1. The molecule has 1 saturated heterocycles. The smallest absolute Gasteiger partial charge is 0.244 e. The summed E-state index contributed by atoms with van der Waals surface area (Å²) >= 11 is 1.62. The first-order valence-electron chi connectivity index (χ1n) is 9.32. The molecule has 1 atom stereocenters. The van der Waals surface area contributed by atoms with Crippen LogP contribution >= 0.6 is 11.3 Å². The van der Waals surface area contributed by atoms with Gasteiger partial charge in [0.05, 0.1) is 19.1 Å². The summed E-state index contributed by atoms with van der Waals surface area (Å²) in [5, 5.41) is 8.96. The van der Waals surface area contributed by atoms with E-state index in [1.165, 1.54) is 12.1 Å². The van der Waals surface area contributed by atoms with E-state index in [1.54, 1.807) is 23.5 Å². The lowest BCUT2D eigenvalue weighted by Crippen LogP contribution is -2.41. The maximum Gasteiger partial charge on any atom is 0.244 e. The minimum absolute atomic E-state index is 0.0230. The molecule has 0 bridgehead atoms. The van der Waals surface area contributed by atoms with Gasteiger partial charge in [0.1, 0.15) is 5.82 Å². The summed E-state index contributed by atoms with van der Waals surface area (Å²) in [6.07, 6.45) is 2.91. The van der Waals surface area contributed by atoms with Gasteiger partial charge in [-0.25, -0.2) is 4.39 Å². The lowest BCUT2D eigenvalue weighted by atomic mass is 10.0. The zero-order chi connectivity index (χ0) is 19.3. The number of thiophene rings is 1. The van der Waals surface area contributed by atoms with Crippen molar-refractivity contribution < 1.29 is 13.7 Å². The number of amides is 1. The van der Waals surface area contributed by atoms with Crippen LogP contribution in [0.5, 0.6) is 0 Å². The number of carbonyl (C=O) groups excluding carboxylic acids is 1. The Labute approximate surface area is 166 Å². The molecular weight excluding hydrogens is 379 g/mol. The van der Waals surface area contributed by atoms with Gasteiger partial charge in [0, 0.05) is 10.4 Å². The fourth-order valence-corrected chi connectivity index (χ4v) is 4.06. The summed E-state index contributed by atoms with van der Waals surface area (Å²) in [5.74, 6) is 0.475. The molecule has 0 spiro atoms. The van der Waals surface area contributed by atoms with Crippen molar-refractivity contribution in [3.05, 3.63) is 58.4 Å². The molecule has 4 rings (SSSR count). The fraction of sp³-hybridized carbons (Fsp3) is 0.350. The number of likely N-dealkylation sites (tertiary alicyclic amines) is 1. The van der Waals surface area contributed by atoms with E-state index in [4.69, 9.17) is 4.52 Å². The molecule has 2 aromatic heterocycles. The van der Waals surface area contributed by atoms with Crippen LogP contribution < -0.4 is 5.32 Å². The Bertz CT molecular complexity index is 928. The van der Waals surface area contributed by atoms with Crippen molar-refractivity contribution in [2.45, 2.75) is 31.8 Å². The van der Waals surface area contributed by atoms with Crippen LogP contribution in [0.3, 0.4) is 0 Å². The minimum Gasteiger partial charge on any atom is -0.350 e. The molecule has 1 N–H and O–H groups in total. The molecule has 0 radical (unpaired) electrons. The molecule has 1 aliphatic heterocycles. The molecule has 28 heavy (non-hydrogen) atoms. The first-order valence-corrected chi connectivity index (χ1v) is 10.2. The van der Waals surface area contributed by atoms with E-state index in [0.29, 0.717) is 23.8 Å². The molecule has 1 amide bonds. The van der Waals surface area contributed by atoms with E-state index in [9.17, 15) is 9.18 Å². The molecule has 3 aromatic rings. The van der Waals surface area contributed by atoms with E-state index in [0.717, 1.165) is 30.7 Å². The van der Waals surface area contributed by atoms with Gasteiger partial charge in [0.25, 0.3) is 0 Å². The van der Waals surface area contributed by atoms with E-state index >= 15 is 0 Å². The van der Waals surface area contributed by atoms with Gasteiger partial charge in [-0.2, -0.15) is 4.98 Å². The number of hydrogen-bond acceptors (Lipinski definition) is 6. The Morgan fingerprint density at radius 3 is 3.07 bits per heavy atom. The molecule has 146 valence electrons. The predicted octanol–water partition coefficient (Wildman–Crippen LogP) is 3.78. The maximum absolute atomic E-state index is 13.5. The zero-order valence-electron chi connectivity index (χ0n) is 15.3. The zero-order valence-corrected chi connectivity index (χ0v) is 16.1. The minimum atomic E-state index is -0.342. The second kappa shape index (κ2) is 8.62. The molecule has 1 aliphatic rings. The number of carbonyl (C=O) groups is 1. The Morgan fingerprint density at radius 2 is 2.25 bits per heavy atom. The lowest BCUT2D eigenvalue weighted by Gasteiger charge is -2.32. The average Bonchev–Trinajstić information content (AvgIpc) is 3.39. The van der Waals surface area contributed by atoms with Crippen molar-refractivity contribution in [1.29, 1.82) is 0 Å². The van der Waals surface area contributed by atoms with E-state index in [2.05, 4.69) is 20.4 Å². The van der Waals surface area contributed by atoms with Crippen molar-refractivity contribution in [3.63, 3.8) is 0 Å². The van der Waals surface area contributed by atoms with Crippen LogP contribution in [0.25, 0.3) is 11.4 Å². The van der Waals surface area contributed by atoms with Crippen molar-refractivity contribution in [1.82, 2.24) is 20.4 Å². The van der Waals surface area contributed by atoms with Crippen molar-refractivity contribution >= 4 is 17.2 Å². The third kappa shape index (κ3) is 4.45. The van der Waals surface area contributed by atoms with Crippen molar-refractivity contribution in [2.24, 2.45) is 0 Å². The van der Waals surface area contributed by atoms with Crippen molar-refractivity contribution in [2.75, 3.05) is 13.1 Å². The van der Waals surface area contributed by atoms with Crippen LogP contribution in [0.4, 0.5) is 4.39 Å². The number of aromatic nitrogens is 2. The van der Waals surface area contributed by atoms with Crippen LogP contribution in [0, 0.1) is 5.82 Å². The van der Waals surface area contributed by atoms with Gasteiger partial charge >= 0.3 is 0 Å². The molecule has 6 nitrogen and oxygen atoms in total. The first-order chi connectivity index (χ1) is 13.7. The maximum atomic E-state index is 13.5. The van der Waals surface area contributed by atoms with Crippen LogP contribution in [0.1, 0.15) is 36.1 Å². The standard InChI is InChI=1S/C20H21FN4O2S/c21-15-6-3-5-14(11-15)19-23-20(27-24-19)17-8-1-2-9-25(17)13-18(26)22-12-16-7-4-10-28-16/h3-7,10-11,17H,1-2,8-9,12-13H2,(H,22,26)/t17-/m0/s1. The predicted molar refractivity (Wildman–Crippen MR) is 104 cm³/mol. The SMILES string of the molecule is O=C(CN1CCCC[C@H]1c1nc(-c2cccc(F)c2)no1)NCc1cccs1. The fourth-order valence-electron chi connectivity index (χ4n) is 3.41. The summed E-state index contributed by atoms with van der Waals surface area (Å²) in [6.45, 7) is 1.63. The highest BCUT2D eigenvalue weighted by molar-refractivity contribution is 7.09. The van der Waals surface area contributed by atoms with Crippen LogP contribution in [-0.2, 0) is 11.3 Å². The van der Waals surface area contributed by atoms with E-state index in [-0.39, 0.29) is 24.3 Å². The van der Waals surface area contributed by atoms with Crippen molar-refractivity contribution in [3.8, 4) is 11.4 Å². The number of hydrogen-bond donors (Lipinski definition) is 1. The van der Waals surface area contributed by atoms with Gasteiger partial charge < -0.3 is 9.84 Å².